The summed E-state index contributed by atoms with van der Waals surface area (Å²) < 4.78 is 7.40. The number of nitrogens with zero attached hydrogens (tertiary/aromatic N) is 2. The fourth-order valence-electron chi connectivity index (χ4n) is 3.31. The van der Waals surface area contributed by atoms with Gasteiger partial charge in [0.05, 0.1) is 18.5 Å². The summed E-state index contributed by atoms with van der Waals surface area (Å²) in [6.45, 7) is 2.78. The standard InChI is InChI=1S/C21H20ClN3O2/c1-2-11-27-17-9-3-14(4-10-17)18-12-20(26)24-21-19(18)13-23-25(21)16-7-5-15(22)6-8-16/h3-10,13,18H,2,11-12H2,1H3,(H,24,26)/t18-/m0/s1. The van der Waals surface area contributed by atoms with Gasteiger partial charge in [-0.25, -0.2) is 4.68 Å². The van der Waals surface area contributed by atoms with Crippen molar-refractivity contribution in [2.24, 2.45) is 0 Å². The quantitative estimate of drug-likeness (QED) is 0.691. The Balaban J connectivity index is 1.67. The van der Waals surface area contributed by atoms with Gasteiger partial charge in [-0.15, -0.1) is 0 Å². The zero-order valence-corrected chi connectivity index (χ0v) is 15.7. The molecule has 1 aliphatic heterocycles. The molecule has 3 aromatic rings. The molecule has 1 aromatic heterocycles. The summed E-state index contributed by atoms with van der Waals surface area (Å²) in [4.78, 5) is 12.4. The lowest BCUT2D eigenvalue weighted by molar-refractivity contribution is -0.116. The number of hydrogen-bond acceptors (Lipinski definition) is 3. The zero-order chi connectivity index (χ0) is 18.8. The topological polar surface area (TPSA) is 56.1 Å². The molecule has 0 fully saturated rings. The number of ether oxygens (including phenoxy) is 1. The van der Waals surface area contributed by atoms with E-state index in [2.05, 4.69) is 17.3 Å². The molecule has 0 saturated heterocycles. The van der Waals surface area contributed by atoms with Crippen molar-refractivity contribution in [3.8, 4) is 11.4 Å². The molecule has 138 valence electrons. The SMILES string of the molecule is CCCOc1ccc([C@@H]2CC(=O)Nc3c2cnn3-c2ccc(Cl)cc2)cc1. The number of anilines is 1. The molecule has 0 radical (unpaired) electrons. The van der Waals surface area contributed by atoms with Crippen LogP contribution < -0.4 is 10.1 Å². The molecule has 1 aliphatic rings. The van der Waals surface area contributed by atoms with Crippen molar-refractivity contribution >= 4 is 23.3 Å². The number of hydrogen-bond donors (Lipinski definition) is 1. The van der Waals surface area contributed by atoms with Crippen LogP contribution in [0.15, 0.2) is 54.7 Å². The van der Waals surface area contributed by atoms with Gasteiger partial charge in [-0.05, 0) is 48.4 Å². The van der Waals surface area contributed by atoms with Gasteiger partial charge >= 0.3 is 0 Å². The summed E-state index contributed by atoms with van der Waals surface area (Å²) in [5.41, 5.74) is 2.93. The number of benzene rings is 2. The van der Waals surface area contributed by atoms with E-state index in [-0.39, 0.29) is 11.8 Å². The molecular formula is C21H20ClN3O2. The molecule has 1 N–H and O–H groups in total. The average molecular weight is 382 g/mol. The third-order valence-corrected chi connectivity index (χ3v) is 4.90. The van der Waals surface area contributed by atoms with Gasteiger partial charge in [-0.2, -0.15) is 5.10 Å². The third kappa shape index (κ3) is 3.55. The van der Waals surface area contributed by atoms with Crippen LogP contribution in [-0.4, -0.2) is 22.3 Å². The molecule has 0 bridgehead atoms. The Morgan fingerprint density at radius 2 is 1.93 bits per heavy atom. The van der Waals surface area contributed by atoms with Gasteiger partial charge in [0, 0.05) is 22.9 Å². The molecular weight excluding hydrogens is 362 g/mol. The van der Waals surface area contributed by atoms with Gasteiger partial charge in [0.1, 0.15) is 11.6 Å². The highest BCUT2D eigenvalue weighted by Crippen LogP contribution is 2.38. The van der Waals surface area contributed by atoms with Crippen LogP contribution in [0.5, 0.6) is 5.75 Å². The van der Waals surface area contributed by atoms with E-state index in [1.165, 1.54) is 0 Å². The number of rotatable bonds is 5. The van der Waals surface area contributed by atoms with Crippen LogP contribution in [0.1, 0.15) is 36.8 Å². The molecule has 0 spiro atoms. The Morgan fingerprint density at radius 1 is 1.19 bits per heavy atom. The number of aromatic nitrogens is 2. The van der Waals surface area contributed by atoms with E-state index in [0.29, 0.717) is 23.9 Å². The van der Waals surface area contributed by atoms with Crippen LogP contribution in [0, 0.1) is 0 Å². The van der Waals surface area contributed by atoms with Crippen LogP contribution in [0.2, 0.25) is 5.02 Å². The summed E-state index contributed by atoms with van der Waals surface area (Å²) in [6, 6.07) is 15.3. The Labute approximate surface area is 162 Å². The second-order valence-electron chi connectivity index (χ2n) is 6.56. The number of carbonyl (C=O) groups excluding carboxylic acids is 1. The third-order valence-electron chi connectivity index (χ3n) is 4.65. The first-order chi connectivity index (χ1) is 13.2. The van der Waals surface area contributed by atoms with Crippen LogP contribution >= 0.6 is 11.6 Å². The van der Waals surface area contributed by atoms with E-state index in [1.54, 1.807) is 4.68 Å². The zero-order valence-electron chi connectivity index (χ0n) is 15.0. The normalized spacial score (nSPS) is 15.9. The second-order valence-corrected chi connectivity index (χ2v) is 7.00. The number of nitrogens with one attached hydrogen (secondary N) is 1. The summed E-state index contributed by atoms with van der Waals surface area (Å²) >= 11 is 5.98. The maximum absolute atomic E-state index is 12.4. The van der Waals surface area contributed by atoms with Crippen molar-refractivity contribution in [2.45, 2.75) is 25.7 Å². The van der Waals surface area contributed by atoms with Crippen molar-refractivity contribution in [2.75, 3.05) is 11.9 Å². The van der Waals surface area contributed by atoms with Gasteiger partial charge in [-0.3, -0.25) is 4.79 Å². The lowest BCUT2D eigenvalue weighted by atomic mass is 9.87. The molecule has 5 nitrogen and oxygen atoms in total. The first-order valence-corrected chi connectivity index (χ1v) is 9.40. The monoisotopic (exact) mass is 381 g/mol. The Kier molecular flexibility index (Phi) is 4.86. The highest BCUT2D eigenvalue weighted by Gasteiger charge is 2.30. The maximum Gasteiger partial charge on any atom is 0.226 e. The molecule has 2 heterocycles. The first-order valence-electron chi connectivity index (χ1n) is 9.02. The van der Waals surface area contributed by atoms with E-state index in [1.807, 2.05) is 54.7 Å². The van der Waals surface area contributed by atoms with Gasteiger partial charge in [-0.1, -0.05) is 30.7 Å². The second kappa shape index (κ2) is 7.45. The molecule has 6 heteroatoms. The number of halogens is 1. The van der Waals surface area contributed by atoms with Gasteiger partial charge in [0.2, 0.25) is 5.91 Å². The lowest BCUT2D eigenvalue weighted by Crippen LogP contribution is -2.24. The van der Waals surface area contributed by atoms with E-state index >= 15 is 0 Å². The van der Waals surface area contributed by atoms with Gasteiger partial charge < -0.3 is 10.1 Å². The minimum Gasteiger partial charge on any atom is -0.494 e. The Bertz CT molecular complexity index is 949. The van der Waals surface area contributed by atoms with Gasteiger partial charge in [0.15, 0.2) is 0 Å². The van der Waals surface area contributed by atoms with Crippen LogP contribution in [0.25, 0.3) is 5.69 Å². The van der Waals surface area contributed by atoms with Crippen molar-refractivity contribution in [3.63, 3.8) is 0 Å². The summed E-state index contributed by atoms with van der Waals surface area (Å²) in [5.74, 6) is 1.51. The number of carbonyl (C=O) groups is 1. The molecule has 0 saturated carbocycles. The predicted molar refractivity (Wildman–Crippen MR) is 106 cm³/mol. The fraction of sp³-hybridized carbons (Fsp3) is 0.238. The molecule has 4 rings (SSSR count). The Morgan fingerprint density at radius 3 is 2.63 bits per heavy atom. The molecule has 0 unspecified atom stereocenters. The van der Waals surface area contributed by atoms with Crippen LogP contribution in [-0.2, 0) is 4.79 Å². The summed E-state index contributed by atoms with van der Waals surface area (Å²) in [5, 5.41) is 8.12. The smallest absolute Gasteiger partial charge is 0.226 e. The predicted octanol–water partition coefficient (Wildman–Crippen LogP) is 4.79. The minimum atomic E-state index is -0.0324. The largest absolute Gasteiger partial charge is 0.494 e. The van der Waals surface area contributed by atoms with Crippen molar-refractivity contribution < 1.29 is 9.53 Å². The van der Waals surface area contributed by atoms with Crippen LogP contribution in [0.3, 0.4) is 0 Å². The molecule has 0 aliphatic carbocycles. The maximum atomic E-state index is 12.4. The van der Waals surface area contributed by atoms with Crippen LogP contribution in [0.4, 0.5) is 5.82 Å². The molecule has 27 heavy (non-hydrogen) atoms. The lowest BCUT2D eigenvalue weighted by Gasteiger charge is -2.24. The van der Waals surface area contributed by atoms with E-state index in [4.69, 9.17) is 16.3 Å². The fourth-order valence-corrected chi connectivity index (χ4v) is 3.44. The van der Waals surface area contributed by atoms with Crippen molar-refractivity contribution in [1.82, 2.24) is 9.78 Å². The molecule has 1 atom stereocenters. The highest BCUT2D eigenvalue weighted by molar-refractivity contribution is 6.30. The van der Waals surface area contributed by atoms with E-state index in [0.717, 1.165) is 29.0 Å². The van der Waals surface area contributed by atoms with Crippen molar-refractivity contribution in [1.29, 1.82) is 0 Å². The molecule has 2 aromatic carbocycles. The Hall–Kier alpha value is -2.79. The number of amides is 1. The minimum absolute atomic E-state index is 0.0190. The first kappa shape index (κ1) is 17.6. The summed E-state index contributed by atoms with van der Waals surface area (Å²) in [7, 11) is 0. The van der Waals surface area contributed by atoms with Gasteiger partial charge in [0.25, 0.3) is 0 Å². The van der Waals surface area contributed by atoms with E-state index in [9.17, 15) is 4.79 Å². The highest BCUT2D eigenvalue weighted by atomic mass is 35.5. The average Bonchev–Trinajstić information content (AvgIpc) is 3.10. The number of fused-ring (bicyclic) bond motifs is 1. The summed E-state index contributed by atoms with van der Waals surface area (Å²) in [6.07, 6.45) is 3.20. The van der Waals surface area contributed by atoms with E-state index < -0.39 is 0 Å². The van der Waals surface area contributed by atoms with Crippen molar-refractivity contribution in [3.05, 3.63) is 70.9 Å². The molecule has 1 amide bonds.